The van der Waals surface area contributed by atoms with Gasteiger partial charge in [0.25, 0.3) is 5.91 Å². The second kappa shape index (κ2) is 10.2. The Labute approximate surface area is 188 Å². The number of rotatable bonds is 9. The van der Waals surface area contributed by atoms with Crippen molar-refractivity contribution in [2.24, 2.45) is 0 Å². The van der Waals surface area contributed by atoms with Crippen LogP contribution in [0.4, 0.5) is 5.13 Å². The molecule has 164 valence electrons. The Bertz CT molecular complexity index is 1120. The maximum atomic E-state index is 12.6. The third-order valence-electron chi connectivity index (χ3n) is 5.03. The van der Waals surface area contributed by atoms with E-state index in [1.165, 1.54) is 45.5 Å². The van der Waals surface area contributed by atoms with Crippen LogP contribution in [-0.2, 0) is 16.4 Å². The average Bonchev–Trinajstić information content (AvgIpc) is 3.25. The molecule has 0 aliphatic heterocycles. The van der Waals surface area contributed by atoms with E-state index in [2.05, 4.69) is 29.4 Å². The van der Waals surface area contributed by atoms with Crippen LogP contribution < -0.4 is 5.32 Å². The first-order valence-corrected chi connectivity index (χ1v) is 12.6. The summed E-state index contributed by atoms with van der Waals surface area (Å²) in [7, 11) is -1.98. The van der Waals surface area contributed by atoms with Crippen LogP contribution in [0.3, 0.4) is 0 Å². The summed E-state index contributed by atoms with van der Waals surface area (Å²) in [4.78, 5) is 17.2. The number of unbranched alkanes of at least 4 members (excludes halogenated alkanes) is 1. The lowest BCUT2D eigenvalue weighted by atomic mass is 10.1. The summed E-state index contributed by atoms with van der Waals surface area (Å²) < 4.78 is 26.6. The Morgan fingerprint density at radius 3 is 2.35 bits per heavy atom. The first-order valence-electron chi connectivity index (χ1n) is 10.3. The minimum Gasteiger partial charge on any atom is -0.298 e. The topological polar surface area (TPSA) is 79.4 Å². The fourth-order valence-electron chi connectivity index (χ4n) is 3.00. The predicted molar refractivity (Wildman–Crippen MR) is 126 cm³/mol. The third kappa shape index (κ3) is 5.58. The molecule has 0 saturated heterocycles. The van der Waals surface area contributed by atoms with E-state index in [0.717, 1.165) is 30.5 Å². The Morgan fingerprint density at radius 2 is 1.74 bits per heavy atom. The SMILES string of the molecule is CCCCN(C)S(=O)(=O)c1ccc(C(=O)Nc2nc(-c3ccc(CC)cc3)cs2)cc1. The number of sulfonamides is 1. The van der Waals surface area contributed by atoms with Gasteiger partial charge in [-0.2, -0.15) is 0 Å². The maximum Gasteiger partial charge on any atom is 0.257 e. The van der Waals surface area contributed by atoms with Crippen molar-refractivity contribution in [2.75, 3.05) is 18.9 Å². The largest absolute Gasteiger partial charge is 0.298 e. The molecule has 3 aromatic rings. The number of hydrogen-bond acceptors (Lipinski definition) is 5. The summed E-state index contributed by atoms with van der Waals surface area (Å²) in [5.74, 6) is -0.328. The highest BCUT2D eigenvalue weighted by molar-refractivity contribution is 7.89. The van der Waals surface area contributed by atoms with E-state index >= 15 is 0 Å². The van der Waals surface area contributed by atoms with Gasteiger partial charge in [-0.25, -0.2) is 17.7 Å². The van der Waals surface area contributed by atoms with Gasteiger partial charge in [0.05, 0.1) is 10.6 Å². The van der Waals surface area contributed by atoms with Gasteiger partial charge >= 0.3 is 0 Å². The molecule has 3 rings (SSSR count). The lowest BCUT2D eigenvalue weighted by Crippen LogP contribution is -2.28. The van der Waals surface area contributed by atoms with Crippen LogP contribution in [0.5, 0.6) is 0 Å². The number of carbonyl (C=O) groups is 1. The minimum absolute atomic E-state index is 0.176. The van der Waals surface area contributed by atoms with Gasteiger partial charge in [-0.3, -0.25) is 10.1 Å². The van der Waals surface area contributed by atoms with Crippen LogP contribution in [0.2, 0.25) is 0 Å². The maximum absolute atomic E-state index is 12.6. The van der Waals surface area contributed by atoms with Gasteiger partial charge in [-0.15, -0.1) is 11.3 Å². The van der Waals surface area contributed by atoms with Gasteiger partial charge in [-0.05, 0) is 42.7 Å². The molecule has 0 aliphatic rings. The zero-order chi connectivity index (χ0) is 22.4. The van der Waals surface area contributed by atoms with E-state index in [9.17, 15) is 13.2 Å². The molecule has 6 nitrogen and oxygen atoms in total. The van der Waals surface area contributed by atoms with Gasteiger partial charge < -0.3 is 0 Å². The molecule has 0 bridgehead atoms. The summed E-state index contributed by atoms with van der Waals surface area (Å²) in [6.45, 7) is 4.59. The van der Waals surface area contributed by atoms with Gasteiger partial charge in [0.2, 0.25) is 10.0 Å². The molecule has 0 spiro atoms. The zero-order valence-corrected chi connectivity index (χ0v) is 19.6. The van der Waals surface area contributed by atoms with E-state index in [1.54, 1.807) is 7.05 Å². The van der Waals surface area contributed by atoms with Crippen molar-refractivity contribution in [3.63, 3.8) is 0 Å². The highest BCUT2D eigenvalue weighted by atomic mass is 32.2. The molecule has 1 aromatic heterocycles. The Balaban J connectivity index is 1.68. The Hall–Kier alpha value is -2.55. The number of carbonyl (C=O) groups excluding carboxylic acids is 1. The van der Waals surface area contributed by atoms with E-state index in [0.29, 0.717) is 17.2 Å². The van der Waals surface area contributed by atoms with Crippen molar-refractivity contribution in [3.05, 3.63) is 65.0 Å². The molecule has 0 aliphatic carbocycles. The van der Waals surface area contributed by atoms with E-state index in [-0.39, 0.29) is 10.8 Å². The van der Waals surface area contributed by atoms with Crippen molar-refractivity contribution in [2.45, 2.75) is 38.0 Å². The minimum atomic E-state index is -3.55. The number of nitrogens with one attached hydrogen (secondary N) is 1. The number of thiazole rings is 1. The summed E-state index contributed by atoms with van der Waals surface area (Å²) >= 11 is 1.35. The van der Waals surface area contributed by atoms with Crippen LogP contribution in [0, 0.1) is 0 Å². The molecule has 0 fully saturated rings. The van der Waals surface area contributed by atoms with E-state index in [1.807, 2.05) is 24.4 Å². The molecule has 1 N–H and O–H groups in total. The highest BCUT2D eigenvalue weighted by Crippen LogP contribution is 2.26. The highest BCUT2D eigenvalue weighted by Gasteiger charge is 2.20. The number of nitrogens with zero attached hydrogens (tertiary/aromatic N) is 2. The number of aryl methyl sites for hydroxylation is 1. The molecule has 1 heterocycles. The van der Waals surface area contributed by atoms with Crippen molar-refractivity contribution in [3.8, 4) is 11.3 Å². The van der Waals surface area contributed by atoms with Gasteiger partial charge in [0.15, 0.2) is 5.13 Å². The second-order valence-electron chi connectivity index (χ2n) is 7.25. The monoisotopic (exact) mass is 457 g/mol. The summed E-state index contributed by atoms with van der Waals surface area (Å²) in [5, 5.41) is 5.19. The standard InChI is InChI=1S/C23H27N3O3S2/c1-4-6-15-26(3)31(28,29)20-13-11-19(12-14-20)22(27)25-23-24-21(16-30-23)18-9-7-17(5-2)8-10-18/h7-14,16H,4-6,15H2,1-3H3,(H,24,25,27). The number of aromatic nitrogens is 1. The van der Waals surface area contributed by atoms with Crippen molar-refractivity contribution >= 4 is 32.4 Å². The Kier molecular flexibility index (Phi) is 7.59. The number of amides is 1. The second-order valence-corrected chi connectivity index (χ2v) is 10.1. The Morgan fingerprint density at radius 1 is 1.06 bits per heavy atom. The summed E-state index contributed by atoms with van der Waals surface area (Å²) in [5.41, 5.74) is 3.43. The smallest absolute Gasteiger partial charge is 0.257 e. The van der Waals surface area contributed by atoms with Crippen LogP contribution in [-0.4, -0.2) is 37.2 Å². The van der Waals surface area contributed by atoms with Crippen LogP contribution in [0.25, 0.3) is 11.3 Å². The molecular formula is C23H27N3O3S2. The molecule has 8 heteroatoms. The molecule has 0 saturated carbocycles. The van der Waals surface area contributed by atoms with Gasteiger partial charge in [0.1, 0.15) is 0 Å². The predicted octanol–water partition coefficient (Wildman–Crippen LogP) is 5.05. The lowest BCUT2D eigenvalue weighted by molar-refractivity contribution is 0.102. The van der Waals surface area contributed by atoms with Crippen molar-refractivity contribution < 1.29 is 13.2 Å². The summed E-state index contributed by atoms with van der Waals surface area (Å²) in [6.07, 6.45) is 2.70. The third-order valence-corrected chi connectivity index (χ3v) is 7.66. The van der Waals surface area contributed by atoms with E-state index < -0.39 is 10.0 Å². The molecule has 0 atom stereocenters. The van der Waals surface area contributed by atoms with Crippen molar-refractivity contribution in [1.29, 1.82) is 0 Å². The molecule has 1 amide bonds. The first kappa shape index (κ1) is 23.1. The van der Waals surface area contributed by atoms with Crippen molar-refractivity contribution in [1.82, 2.24) is 9.29 Å². The zero-order valence-electron chi connectivity index (χ0n) is 18.0. The molecule has 0 radical (unpaired) electrons. The quantitative estimate of drug-likeness (QED) is 0.488. The van der Waals surface area contributed by atoms with Gasteiger partial charge in [-0.1, -0.05) is 44.5 Å². The fraction of sp³-hybridized carbons (Fsp3) is 0.304. The average molecular weight is 458 g/mol. The van der Waals surface area contributed by atoms with Crippen LogP contribution in [0.1, 0.15) is 42.6 Å². The molecule has 2 aromatic carbocycles. The molecular weight excluding hydrogens is 430 g/mol. The van der Waals surface area contributed by atoms with Crippen LogP contribution >= 0.6 is 11.3 Å². The lowest BCUT2D eigenvalue weighted by Gasteiger charge is -2.16. The normalized spacial score (nSPS) is 11.6. The first-order chi connectivity index (χ1) is 14.8. The van der Waals surface area contributed by atoms with Gasteiger partial charge in [0, 0.05) is 30.1 Å². The fourth-order valence-corrected chi connectivity index (χ4v) is 4.93. The van der Waals surface area contributed by atoms with Crippen LogP contribution in [0.15, 0.2) is 58.8 Å². The van der Waals surface area contributed by atoms with E-state index in [4.69, 9.17) is 0 Å². The number of anilines is 1. The number of benzene rings is 2. The molecule has 31 heavy (non-hydrogen) atoms. The number of hydrogen-bond donors (Lipinski definition) is 1. The molecule has 0 unspecified atom stereocenters. The summed E-state index contributed by atoms with van der Waals surface area (Å²) in [6, 6.07) is 14.2.